The molecule has 7 heteroatoms. The van der Waals surface area contributed by atoms with E-state index in [1.807, 2.05) is 43.3 Å². The topological polar surface area (TPSA) is 109 Å². The molecule has 0 amide bonds. The third-order valence-corrected chi connectivity index (χ3v) is 2.78. The van der Waals surface area contributed by atoms with Gasteiger partial charge >= 0.3 is 11.2 Å². The molecule has 1 aromatic heterocycles. The van der Waals surface area contributed by atoms with E-state index in [1.165, 1.54) is 6.08 Å². The fraction of sp³-hybridized carbons (Fsp3) is 0.0667. The van der Waals surface area contributed by atoms with E-state index in [4.69, 9.17) is 0 Å². The summed E-state index contributed by atoms with van der Waals surface area (Å²) in [6.45, 7) is 1.85. The van der Waals surface area contributed by atoms with Crippen molar-refractivity contribution in [3.8, 4) is 5.88 Å². The molecular weight excluding hydrogens is 286 g/mol. The second-order valence-corrected chi connectivity index (χ2v) is 4.51. The lowest BCUT2D eigenvalue weighted by molar-refractivity contribution is -0.387. The predicted molar refractivity (Wildman–Crippen MR) is 82.3 cm³/mol. The van der Waals surface area contributed by atoms with E-state index in [9.17, 15) is 20.0 Å². The molecule has 0 aliphatic carbocycles. The minimum Gasteiger partial charge on any atom is -0.488 e. The summed E-state index contributed by atoms with van der Waals surface area (Å²) in [7, 11) is 0. The van der Waals surface area contributed by atoms with Crippen molar-refractivity contribution >= 4 is 17.8 Å². The van der Waals surface area contributed by atoms with Crippen molar-refractivity contribution in [3.63, 3.8) is 0 Å². The van der Waals surface area contributed by atoms with Crippen LogP contribution in [0.25, 0.3) is 12.2 Å². The summed E-state index contributed by atoms with van der Waals surface area (Å²) < 4.78 is 0. The summed E-state index contributed by atoms with van der Waals surface area (Å²) in [6, 6.07) is 9.62. The van der Waals surface area contributed by atoms with Gasteiger partial charge in [0.15, 0.2) is 0 Å². The van der Waals surface area contributed by atoms with Gasteiger partial charge in [-0.2, -0.15) is 4.98 Å². The average molecular weight is 299 g/mol. The molecular formula is C15H13N3O4. The van der Waals surface area contributed by atoms with Gasteiger partial charge in [0.1, 0.15) is 5.82 Å². The van der Waals surface area contributed by atoms with Crippen LogP contribution in [-0.4, -0.2) is 20.0 Å². The Morgan fingerprint density at radius 3 is 2.64 bits per heavy atom. The number of aromatic nitrogens is 2. The average Bonchev–Trinajstić information content (AvgIpc) is 2.45. The molecule has 0 aliphatic rings. The van der Waals surface area contributed by atoms with Gasteiger partial charge < -0.3 is 10.1 Å². The highest BCUT2D eigenvalue weighted by Crippen LogP contribution is 2.17. The SMILES string of the molecule is CC(=C/c1ccccc1)/C=C/c1nc(O)c([N+](=O)[O-])c(=O)[nH]1. The quantitative estimate of drug-likeness (QED) is 0.512. The predicted octanol–water partition coefficient (Wildman–Crippen LogP) is 2.50. The van der Waals surface area contributed by atoms with Gasteiger partial charge in [-0.3, -0.25) is 14.9 Å². The Labute approximate surface area is 125 Å². The minimum absolute atomic E-state index is 0.0360. The van der Waals surface area contributed by atoms with Crippen molar-refractivity contribution in [1.29, 1.82) is 0 Å². The molecule has 0 bridgehead atoms. The molecule has 7 nitrogen and oxygen atoms in total. The monoisotopic (exact) mass is 299 g/mol. The van der Waals surface area contributed by atoms with Crippen LogP contribution in [0.1, 0.15) is 18.3 Å². The van der Waals surface area contributed by atoms with E-state index in [2.05, 4.69) is 9.97 Å². The van der Waals surface area contributed by atoms with Gasteiger partial charge in [0.05, 0.1) is 4.92 Å². The number of nitro groups is 1. The molecule has 0 spiro atoms. The van der Waals surface area contributed by atoms with Gasteiger partial charge in [-0.15, -0.1) is 0 Å². The molecule has 0 atom stereocenters. The number of rotatable bonds is 4. The van der Waals surface area contributed by atoms with E-state index in [-0.39, 0.29) is 5.82 Å². The number of aromatic amines is 1. The first-order valence-electron chi connectivity index (χ1n) is 6.36. The summed E-state index contributed by atoms with van der Waals surface area (Å²) in [4.78, 5) is 26.9. The first-order chi connectivity index (χ1) is 10.5. The van der Waals surface area contributed by atoms with E-state index in [1.54, 1.807) is 6.08 Å². The van der Waals surface area contributed by atoms with Crippen molar-refractivity contribution in [2.75, 3.05) is 0 Å². The van der Waals surface area contributed by atoms with Crippen molar-refractivity contribution in [2.45, 2.75) is 6.92 Å². The fourth-order valence-corrected chi connectivity index (χ4v) is 1.79. The summed E-state index contributed by atoms with van der Waals surface area (Å²) in [5.74, 6) is -0.869. The summed E-state index contributed by atoms with van der Waals surface area (Å²) in [6.07, 6.45) is 5.05. The van der Waals surface area contributed by atoms with Crippen molar-refractivity contribution < 1.29 is 10.0 Å². The lowest BCUT2D eigenvalue weighted by Gasteiger charge is -1.97. The van der Waals surface area contributed by atoms with Gasteiger partial charge in [-0.1, -0.05) is 48.1 Å². The first kappa shape index (κ1) is 15.2. The van der Waals surface area contributed by atoms with Gasteiger partial charge in [0.25, 0.3) is 5.88 Å². The first-order valence-corrected chi connectivity index (χ1v) is 6.36. The van der Waals surface area contributed by atoms with Crippen LogP contribution >= 0.6 is 0 Å². The molecule has 0 aliphatic heterocycles. The van der Waals surface area contributed by atoms with Crippen LogP contribution < -0.4 is 5.56 Å². The zero-order valence-corrected chi connectivity index (χ0v) is 11.7. The van der Waals surface area contributed by atoms with E-state index in [0.717, 1.165) is 11.1 Å². The van der Waals surface area contributed by atoms with E-state index >= 15 is 0 Å². The summed E-state index contributed by atoms with van der Waals surface area (Å²) >= 11 is 0. The molecule has 0 fully saturated rings. The maximum Gasteiger partial charge on any atom is 0.395 e. The smallest absolute Gasteiger partial charge is 0.395 e. The number of benzene rings is 1. The minimum atomic E-state index is -0.998. The van der Waals surface area contributed by atoms with E-state index < -0.39 is 22.0 Å². The van der Waals surface area contributed by atoms with Crippen LogP contribution in [-0.2, 0) is 0 Å². The van der Waals surface area contributed by atoms with E-state index in [0.29, 0.717) is 0 Å². The third kappa shape index (κ3) is 3.66. The zero-order chi connectivity index (χ0) is 16.1. The lowest BCUT2D eigenvalue weighted by atomic mass is 10.1. The Hall–Kier alpha value is -3.22. The van der Waals surface area contributed by atoms with Crippen molar-refractivity contribution in [2.24, 2.45) is 0 Å². The molecule has 0 saturated carbocycles. The number of hydrogen-bond donors (Lipinski definition) is 2. The van der Waals surface area contributed by atoms with Crippen molar-refractivity contribution in [1.82, 2.24) is 9.97 Å². The Morgan fingerprint density at radius 2 is 2.05 bits per heavy atom. The largest absolute Gasteiger partial charge is 0.488 e. The highest BCUT2D eigenvalue weighted by molar-refractivity contribution is 5.59. The second-order valence-electron chi connectivity index (χ2n) is 4.51. The van der Waals surface area contributed by atoms with Gasteiger partial charge in [0, 0.05) is 0 Å². The number of hydrogen-bond acceptors (Lipinski definition) is 5. The highest BCUT2D eigenvalue weighted by Gasteiger charge is 2.21. The Bertz CT molecular complexity index is 807. The normalized spacial score (nSPS) is 11.8. The van der Waals surface area contributed by atoms with Gasteiger partial charge in [-0.05, 0) is 18.6 Å². The standard InChI is InChI=1S/C15H13N3O4/c1-10(9-11-5-3-2-4-6-11)7-8-12-16-14(19)13(18(21)22)15(20)17-12/h2-9H,1H3,(H2,16,17,19,20)/b8-7+,10-9-. The van der Waals surface area contributed by atoms with Crippen LogP contribution in [0.2, 0.25) is 0 Å². The second kappa shape index (κ2) is 6.49. The maximum atomic E-state index is 11.5. The van der Waals surface area contributed by atoms with Gasteiger partial charge in [-0.25, -0.2) is 0 Å². The Morgan fingerprint density at radius 1 is 1.36 bits per heavy atom. The molecule has 2 rings (SSSR count). The van der Waals surface area contributed by atoms with Crippen LogP contribution in [0.15, 0.2) is 46.8 Å². The van der Waals surface area contributed by atoms with Gasteiger partial charge in [0.2, 0.25) is 0 Å². The molecule has 0 unspecified atom stereocenters. The highest BCUT2D eigenvalue weighted by atomic mass is 16.6. The Balaban J connectivity index is 2.26. The number of H-pyrrole nitrogens is 1. The maximum absolute atomic E-state index is 11.5. The van der Waals surface area contributed by atoms with Crippen LogP contribution in [0.3, 0.4) is 0 Å². The van der Waals surface area contributed by atoms with Crippen LogP contribution in [0.5, 0.6) is 5.88 Å². The number of nitrogens with one attached hydrogen (secondary N) is 1. The number of aromatic hydroxyl groups is 1. The molecule has 22 heavy (non-hydrogen) atoms. The molecule has 1 aromatic carbocycles. The zero-order valence-electron chi connectivity index (χ0n) is 11.7. The molecule has 0 saturated heterocycles. The molecule has 1 heterocycles. The molecule has 0 radical (unpaired) electrons. The van der Waals surface area contributed by atoms with Crippen LogP contribution in [0.4, 0.5) is 5.69 Å². The fourth-order valence-electron chi connectivity index (χ4n) is 1.79. The molecule has 2 N–H and O–H groups in total. The van der Waals surface area contributed by atoms with Crippen LogP contribution in [0, 0.1) is 10.1 Å². The Kier molecular flexibility index (Phi) is 4.47. The molecule has 112 valence electrons. The van der Waals surface area contributed by atoms with Crippen molar-refractivity contribution in [3.05, 3.63) is 73.8 Å². The third-order valence-electron chi connectivity index (χ3n) is 2.78. The summed E-state index contributed by atoms with van der Waals surface area (Å²) in [5, 5.41) is 20.0. The lowest BCUT2D eigenvalue weighted by Crippen LogP contribution is -2.14. The number of nitrogens with zero attached hydrogens (tertiary/aromatic N) is 2. The summed E-state index contributed by atoms with van der Waals surface area (Å²) in [5.41, 5.74) is -0.0696. The number of allylic oxidation sites excluding steroid dienone is 2. The molecule has 2 aromatic rings.